The molecule has 90 valence electrons. The molecule has 0 spiro atoms. The number of carbonyl (C=O) groups excluding carboxylic acids is 1. The number of hydrogen-bond acceptors (Lipinski definition) is 3. The van der Waals surface area contributed by atoms with Crippen LogP contribution in [0.25, 0.3) is 0 Å². The van der Waals surface area contributed by atoms with Crippen LogP contribution in [0.4, 0.5) is 4.39 Å². The molecule has 1 aromatic rings. The van der Waals surface area contributed by atoms with E-state index in [0.717, 1.165) is 11.1 Å². The molecule has 1 aromatic carbocycles. The number of ether oxygens (including phenoxy) is 1. The SMILES string of the molecule is COC(=O)C(C#N)Cc1cccc(CF)c1C. The fourth-order valence-corrected chi connectivity index (χ4v) is 1.65. The van der Waals surface area contributed by atoms with Crippen molar-refractivity contribution in [3.8, 4) is 6.07 Å². The third-order valence-electron chi connectivity index (χ3n) is 2.77. The summed E-state index contributed by atoms with van der Waals surface area (Å²) in [7, 11) is 1.25. The molecule has 0 saturated carbocycles. The first-order valence-corrected chi connectivity index (χ1v) is 5.24. The lowest BCUT2D eigenvalue weighted by molar-refractivity contribution is -0.143. The maximum Gasteiger partial charge on any atom is 0.323 e. The van der Waals surface area contributed by atoms with Crippen LogP contribution in [0.15, 0.2) is 18.2 Å². The van der Waals surface area contributed by atoms with Gasteiger partial charge in [0.15, 0.2) is 0 Å². The van der Waals surface area contributed by atoms with Crippen molar-refractivity contribution >= 4 is 5.97 Å². The average Bonchev–Trinajstić information content (AvgIpc) is 2.36. The van der Waals surface area contributed by atoms with E-state index in [-0.39, 0.29) is 6.42 Å². The highest BCUT2D eigenvalue weighted by atomic mass is 19.1. The van der Waals surface area contributed by atoms with Crippen LogP contribution in [0.1, 0.15) is 16.7 Å². The van der Waals surface area contributed by atoms with Crippen LogP contribution in [0.3, 0.4) is 0 Å². The zero-order chi connectivity index (χ0) is 12.8. The zero-order valence-corrected chi connectivity index (χ0v) is 9.87. The number of carbonyl (C=O) groups is 1. The number of alkyl halides is 1. The van der Waals surface area contributed by atoms with E-state index in [0.29, 0.717) is 5.56 Å². The van der Waals surface area contributed by atoms with Crippen molar-refractivity contribution in [3.05, 3.63) is 34.9 Å². The fourth-order valence-electron chi connectivity index (χ4n) is 1.65. The first kappa shape index (κ1) is 13.2. The minimum atomic E-state index is -0.839. The summed E-state index contributed by atoms with van der Waals surface area (Å²) in [5, 5.41) is 8.88. The highest BCUT2D eigenvalue weighted by molar-refractivity contribution is 5.75. The van der Waals surface area contributed by atoms with E-state index in [9.17, 15) is 9.18 Å². The first-order valence-electron chi connectivity index (χ1n) is 5.24. The monoisotopic (exact) mass is 235 g/mol. The normalized spacial score (nSPS) is 11.6. The second-order valence-electron chi connectivity index (χ2n) is 3.74. The minimum Gasteiger partial charge on any atom is -0.468 e. The largest absolute Gasteiger partial charge is 0.468 e. The Morgan fingerprint density at radius 3 is 2.71 bits per heavy atom. The van der Waals surface area contributed by atoms with Gasteiger partial charge in [-0.2, -0.15) is 5.26 Å². The van der Waals surface area contributed by atoms with E-state index >= 15 is 0 Å². The summed E-state index contributed by atoms with van der Waals surface area (Å²) < 4.78 is 17.2. The molecule has 17 heavy (non-hydrogen) atoms. The molecule has 0 fully saturated rings. The third-order valence-corrected chi connectivity index (χ3v) is 2.77. The van der Waals surface area contributed by atoms with Gasteiger partial charge < -0.3 is 4.74 Å². The Labute approximate surface area is 99.8 Å². The summed E-state index contributed by atoms with van der Waals surface area (Å²) in [6, 6.07) is 7.11. The van der Waals surface area contributed by atoms with Gasteiger partial charge in [0.2, 0.25) is 0 Å². The Bertz CT molecular complexity index is 451. The number of nitrogens with zero attached hydrogens (tertiary/aromatic N) is 1. The van der Waals surface area contributed by atoms with Gasteiger partial charge in [-0.15, -0.1) is 0 Å². The van der Waals surface area contributed by atoms with Gasteiger partial charge in [0.25, 0.3) is 0 Å². The van der Waals surface area contributed by atoms with Crippen molar-refractivity contribution in [1.82, 2.24) is 0 Å². The number of nitriles is 1. The number of hydrogen-bond donors (Lipinski definition) is 0. The number of esters is 1. The van der Waals surface area contributed by atoms with Crippen molar-refractivity contribution in [2.45, 2.75) is 20.0 Å². The van der Waals surface area contributed by atoms with Crippen molar-refractivity contribution in [2.24, 2.45) is 5.92 Å². The van der Waals surface area contributed by atoms with E-state index in [4.69, 9.17) is 5.26 Å². The highest BCUT2D eigenvalue weighted by Crippen LogP contribution is 2.18. The van der Waals surface area contributed by atoms with E-state index < -0.39 is 18.6 Å². The van der Waals surface area contributed by atoms with Crippen LogP contribution >= 0.6 is 0 Å². The number of benzene rings is 1. The van der Waals surface area contributed by atoms with Gasteiger partial charge in [0.1, 0.15) is 12.6 Å². The van der Waals surface area contributed by atoms with Gasteiger partial charge in [-0.05, 0) is 30.0 Å². The summed E-state index contributed by atoms with van der Waals surface area (Å²) >= 11 is 0. The Kier molecular flexibility index (Phi) is 4.65. The predicted molar refractivity (Wildman–Crippen MR) is 60.8 cm³/mol. The number of methoxy groups -OCH3 is 1. The van der Waals surface area contributed by atoms with Gasteiger partial charge in [-0.3, -0.25) is 4.79 Å². The molecule has 1 atom stereocenters. The molecule has 0 aromatic heterocycles. The van der Waals surface area contributed by atoms with Crippen molar-refractivity contribution in [2.75, 3.05) is 7.11 Å². The molecule has 0 amide bonds. The maximum atomic E-state index is 12.7. The van der Waals surface area contributed by atoms with Crippen molar-refractivity contribution < 1.29 is 13.9 Å². The maximum absolute atomic E-state index is 12.7. The van der Waals surface area contributed by atoms with Crippen LogP contribution in [0.5, 0.6) is 0 Å². The van der Waals surface area contributed by atoms with E-state index in [1.54, 1.807) is 25.1 Å². The number of halogens is 1. The molecule has 0 heterocycles. The minimum absolute atomic E-state index is 0.253. The molecule has 0 N–H and O–H groups in total. The first-order chi connectivity index (χ1) is 8.13. The summed E-state index contributed by atoms with van der Waals surface area (Å²) in [5.41, 5.74) is 2.18. The Morgan fingerprint density at radius 2 is 2.18 bits per heavy atom. The van der Waals surface area contributed by atoms with Gasteiger partial charge >= 0.3 is 5.97 Å². The van der Waals surface area contributed by atoms with E-state index in [1.807, 2.05) is 6.07 Å². The van der Waals surface area contributed by atoms with Crippen LogP contribution in [-0.2, 0) is 22.6 Å². The molecule has 4 heteroatoms. The van der Waals surface area contributed by atoms with Crippen molar-refractivity contribution in [3.63, 3.8) is 0 Å². The smallest absolute Gasteiger partial charge is 0.323 e. The van der Waals surface area contributed by atoms with Gasteiger partial charge in [-0.25, -0.2) is 4.39 Å². The summed E-state index contributed by atoms with van der Waals surface area (Å²) in [4.78, 5) is 11.3. The van der Waals surface area contributed by atoms with Crippen LogP contribution in [0.2, 0.25) is 0 Å². The molecule has 3 nitrogen and oxygen atoms in total. The number of rotatable bonds is 4. The lowest BCUT2D eigenvalue weighted by Crippen LogP contribution is -2.17. The average molecular weight is 235 g/mol. The Morgan fingerprint density at radius 1 is 1.53 bits per heavy atom. The van der Waals surface area contributed by atoms with Crippen molar-refractivity contribution in [1.29, 1.82) is 5.26 Å². The fraction of sp³-hybridized carbons (Fsp3) is 0.385. The van der Waals surface area contributed by atoms with Gasteiger partial charge in [-0.1, -0.05) is 18.2 Å². The molecule has 0 radical (unpaired) electrons. The van der Waals surface area contributed by atoms with Gasteiger partial charge in [0, 0.05) is 0 Å². The highest BCUT2D eigenvalue weighted by Gasteiger charge is 2.20. The summed E-state index contributed by atoms with van der Waals surface area (Å²) in [5.74, 6) is -1.40. The van der Waals surface area contributed by atoms with E-state index in [2.05, 4.69) is 4.74 Å². The molecule has 0 aliphatic carbocycles. The van der Waals surface area contributed by atoms with Crippen LogP contribution in [-0.4, -0.2) is 13.1 Å². The summed E-state index contributed by atoms with van der Waals surface area (Å²) in [6.07, 6.45) is 0.253. The Hall–Kier alpha value is -1.89. The second-order valence-corrected chi connectivity index (χ2v) is 3.74. The van der Waals surface area contributed by atoms with Crippen LogP contribution < -0.4 is 0 Å². The van der Waals surface area contributed by atoms with Crippen LogP contribution in [0, 0.1) is 24.2 Å². The summed E-state index contributed by atoms with van der Waals surface area (Å²) in [6.45, 7) is 1.24. The molecule has 0 aliphatic rings. The van der Waals surface area contributed by atoms with Gasteiger partial charge in [0.05, 0.1) is 13.2 Å². The molecule has 0 aliphatic heterocycles. The molecule has 1 unspecified atom stereocenters. The zero-order valence-electron chi connectivity index (χ0n) is 9.87. The third kappa shape index (κ3) is 3.04. The predicted octanol–water partition coefficient (Wildman–Crippen LogP) is 2.32. The van der Waals surface area contributed by atoms with E-state index in [1.165, 1.54) is 7.11 Å². The lowest BCUT2D eigenvalue weighted by atomic mass is 9.94. The molecular weight excluding hydrogens is 221 g/mol. The standard InChI is InChI=1S/C13H14FNO2/c1-9-10(4-3-5-11(9)7-14)6-12(8-15)13(16)17-2/h3-5,12H,6-7H2,1-2H3. The Balaban J connectivity index is 2.95. The second kappa shape index (κ2) is 6.00. The molecule has 1 rings (SSSR count). The lowest BCUT2D eigenvalue weighted by Gasteiger charge is -2.11. The molecule has 0 saturated heterocycles. The topological polar surface area (TPSA) is 50.1 Å². The molecule has 0 bridgehead atoms. The quantitative estimate of drug-likeness (QED) is 0.752. The molecular formula is C13H14FNO2.